The lowest BCUT2D eigenvalue weighted by Crippen LogP contribution is -2.39. The number of primary sulfonamides is 1. The highest BCUT2D eigenvalue weighted by molar-refractivity contribution is 7.89. The average molecular weight is 314 g/mol. The van der Waals surface area contributed by atoms with Crippen LogP contribution in [0.15, 0.2) is 18.2 Å². The second kappa shape index (κ2) is 6.00. The summed E-state index contributed by atoms with van der Waals surface area (Å²) >= 11 is 6.03. The summed E-state index contributed by atoms with van der Waals surface area (Å²) in [6.45, 7) is 1.49. The Morgan fingerprint density at radius 3 is 2.85 bits per heavy atom. The molecule has 0 spiro atoms. The molecule has 1 aliphatic heterocycles. The number of piperidine rings is 1. The number of benzene rings is 1. The maximum absolute atomic E-state index is 11.2. The summed E-state index contributed by atoms with van der Waals surface area (Å²) in [4.78, 5) is 2.09. The van der Waals surface area contributed by atoms with E-state index in [0.717, 1.165) is 25.1 Å². The first-order valence-electron chi connectivity index (χ1n) is 6.34. The van der Waals surface area contributed by atoms with Crippen molar-refractivity contribution in [2.75, 3.05) is 23.7 Å². The molecule has 1 fully saturated rings. The summed E-state index contributed by atoms with van der Waals surface area (Å²) < 4.78 is 22.4. The number of rotatable bonds is 3. The Bertz CT molecular complexity index is 640. The number of nitrogens with zero attached hydrogens (tertiary/aromatic N) is 2. The molecule has 0 radical (unpaired) electrons. The zero-order valence-corrected chi connectivity index (χ0v) is 12.5. The molecule has 0 bridgehead atoms. The van der Waals surface area contributed by atoms with Gasteiger partial charge in [0.25, 0.3) is 0 Å². The van der Waals surface area contributed by atoms with Crippen LogP contribution in [0.1, 0.15) is 18.4 Å². The van der Waals surface area contributed by atoms with Gasteiger partial charge in [-0.2, -0.15) is 5.26 Å². The largest absolute Gasteiger partial charge is 0.371 e. The van der Waals surface area contributed by atoms with Gasteiger partial charge in [-0.1, -0.05) is 11.6 Å². The van der Waals surface area contributed by atoms with E-state index >= 15 is 0 Å². The van der Waals surface area contributed by atoms with Gasteiger partial charge in [0, 0.05) is 18.8 Å². The number of anilines is 1. The van der Waals surface area contributed by atoms with Crippen LogP contribution in [0, 0.1) is 17.2 Å². The van der Waals surface area contributed by atoms with E-state index in [-0.39, 0.29) is 11.7 Å². The number of nitriles is 1. The molecule has 0 aliphatic carbocycles. The molecule has 0 amide bonds. The van der Waals surface area contributed by atoms with Gasteiger partial charge in [0.1, 0.15) is 6.07 Å². The lowest BCUT2D eigenvalue weighted by atomic mass is 9.99. The zero-order chi connectivity index (χ0) is 14.8. The Balaban J connectivity index is 2.13. The molecule has 1 saturated heterocycles. The molecule has 2 N–H and O–H groups in total. The molecular formula is C13H16ClN3O2S. The Hall–Kier alpha value is -1.29. The van der Waals surface area contributed by atoms with E-state index in [1.165, 1.54) is 0 Å². The van der Waals surface area contributed by atoms with Gasteiger partial charge in [-0.05, 0) is 37.0 Å². The summed E-state index contributed by atoms with van der Waals surface area (Å²) in [6, 6.07) is 7.29. The minimum absolute atomic E-state index is 0.00745. The quantitative estimate of drug-likeness (QED) is 0.920. The SMILES string of the molecule is N#Cc1ccc(N2CCC[C@H](CS(N)(=O)=O)C2)cc1Cl. The summed E-state index contributed by atoms with van der Waals surface area (Å²) in [5.74, 6) is 0.0428. The van der Waals surface area contributed by atoms with E-state index < -0.39 is 10.0 Å². The van der Waals surface area contributed by atoms with Gasteiger partial charge in [-0.15, -0.1) is 0 Å². The summed E-state index contributed by atoms with van der Waals surface area (Å²) in [7, 11) is -3.44. The lowest BCUT2D eigenvalue weighted by Gasteiger charge is -2.34. The minimum Gasteiger partial charge on any atom is -0.371 e. The lowest BCUT2D eigenvalue weighted by molar-refractivity contribution is 0.444. The third kappa shape index (κ3) is 3.85. The normalized spacial score (nSPS) is 19.6. The molecule has 1 aromatic carbocycles. The van der Waals surface area contributed by atoms with Crippen molar-refractivity contribution in [1.82, 2.24) is 0 Å². The van der Waals surface area contributed by atoms with E-state index in [1.807, 2.05) is 12.1 Å². The van der Waals surface area contributed by atoms with Crippen LogP contribution in [-0.2, 0) is 10.0 Å². The van der Waals surface area contributed by atoms with E-state index in [0.29, 0.717) is 17.1 Å². The van der Waals surface area contributed by atoms with Crippen molar-refractivity contribution in [3.05, 3.63) is 28.8 Å². The predicted octanol–water partition coefficient (Wildman–Crippen LogP) is 1.72. The Kier molecular flexibility index (Phi) is 4.53. The molecule has 7 heteroatoms. The molecule has 1 atom stereocenters. The highest BCUT2D eigenvalue weighted by Crippen LogP contribution is 2.27. The van der Waals surface area contributed by atoms with E-state index in [4.69, 9.17) is 22.0 Å². The van der Waals surface area contributed by atoms with Gasteiger partial charge in [0.15, 0.2) is 0 Å². The monoisotopic (exact) mass is 313 g/mol. The first kappa shape index (κ1) is 15.1. The number of sulfonamides is 1. The predicted molar refractivity (Wildman–Crippen MR) is 79.1 cm³/mol. The molecule has 1 aliphatic rings. The van der Waals surface area contributed by atoms with Crippen molar-refractivity contribution < 1.29 is 8.42 Å². The third-order valence-corrected chi connectivity index (χ3v) is 4.67. The summed E-state index contributed by atoms with van der Waals surface area (Å²) in [6.07, 6.45) is 1.77. The summed E-state index contributed by atoms with van der Waals surface area (Å²) in [5, 5.41) is 14.4. The van der Waals surface area contributed by atoms with Crippen molar-refractivity contribution in [3.63, 3.8) is 0 Å². The van der Waals surface area contributed by atoms with Gasteiger partial charge in [-0.3, -0.25) is 0 Å². The standard InChI is InChI=1S/C13H16ClN3O2S/c14-13-6-12(4-3-11(13)7-15)17-5-1-2-10(8-17)9-20(16,18)19/h3-4,6,10H,1-2,5,8-9H2,(H2,16,18,19)/t10-/m0/s1. The molecule has 20 heavy (non-hydrogen) atoms. The van der Waals surface area contributed by atoms with Gasteiger partial charge in [0.05, 0.1) is 16.3 Å². The minimum atomic E-state index is -3.44. The highest BCUT2D eigenvalue weighted by atomic mass is 35.5. The van der Waals surface area contributed by atoms with E-state index in [2.05, 4.69) is 4.90 Å². The molecule has 0 unspecified atom stereocenters. The average Bonchev–Trinajstić information content (AvgIpc) is 2.37. The van der Waals surface area contributed by atoms with Crippen molar-refractivity contribution in [2.24, 2.45) is 11.1 Å². The number of nitrogens with two attached hydrogens (primary N) is 1. The maximum atomic E-state index is 11.2. The molecule has 108 valence electrons. The molecule has 0 aromatic heterocycles. The maximum Gasteiger partial charge on any atom is 0.209 e. The fourth-order valence-corrected chi connectivity index (χ4v) is 3.70. The molecule has 0 saturated carbocycles. The van der Waals surface area contributed by atoms with Crippen LogP contribution in [0.3, 0.4) is 0 Å². The number of hydrogen-bond donors (Lipinski definition) is 1. The van der Waals surface area contributed by atoms with Crippen LogP contribution in [0.2, 0.25) is 5.02 Å². The number of halogens is 1. The smallest absolute Gasteiger partial charge is 0.209 e. The van der Waals surface area contributed by atoms with Crippen LogP contribution >= 0.6 is 11.6 Å². The Labute approximate surface area is 124 Å². The van der Waals surface area contributed by atoms with Crippen LogP contribution in [-0.4, -0.2) is 27.3 Å². The van der Waals surface area contributed by atoms with Gasteiger partial charge in [-0.25, -0.2) is 13.6 Å². The molecule has 1 heterocycles. The van der Waals surface area contributed by atoms with Crippen molar-refractivity contribution in [2.45, 2.75) is 12.8 Å². The van der Waals surface area contributed by atoms with Gasteiger partial charge >= 0.3 is 0 Å². The van der Waals surface area contributed by atoms with Crippen LogP contribution in [0.4, 0.5) is 5.69 Å². The van der Waals surface area contributed by atoms with E-state index in [9.17, 15) is 8.42 Å². The van der Waals surface area contributed by atoms with Crippen LogP contribution < -0.4 is 10.0 Å². The second-order valence-electron chi connectivity index (χ2n) is 5.06. The van der Waals surface area contributed by atoms with Crippen LogP contribution in [0.5, 0.6) is 0 Å². The third-order valence-electron chi connectivity index (χ3n) is 3.43. The fraction of sp³-hybridized carbons (Fsp3) is 0.462. The van der Waals surface area contributed by atoms with Gasteiger partial charge in [0.2, 0.25) is 10.0 Å². The van der Waals surface area contributed by atoms with Crippen LogP contribution in [0.25, 0.3) is 0 Å². The molecule has 1 aromatic rings. The van der Waals surface area contributed by atoms with E-state index in [1.54, 1.807) is 12.1 Å². The Morgan fingerprint density at radius 1 is 1.50 bits per heavy atom. The topological polar surface area (TPSA) is 87.2 Å². The number of hydrogen-bond acceptors (Lipinski definition) is 4. The molecule has 5 nitrogen and oxygen atoms in total. The first-order chi connectivity index (χ1) is 9.39. The van der Waals surface area contributed by atoms with Crippen molar-refractivity contribution >= 4 is 27.3 Å². The van der Waals surface area contributed by atoms with Crippen molar-refractivity contribution in [1.29, 1.82) is 5.26 Å². The second-order valence-corrected chi connectivity index (χ2v) is 7.13. The van der Waals surface area contributed by atoms with Crippen molar-refractivity contribution in [3.8, 4) is 6.07 Å². The molecule has 2 rings (SSSR count). The molecular weight excluding hydrogens is 298 g/mol. The Morgan fingerprint density at radius 2 is 2.25 bits per heavy atom. The first-order valence-corrected chi connectivity index (χ1v) is 8.43. The summed E-state index contributed by atoms with van der Waals surface area (Å²) in [5.41, 5.74) is 1.35. The zero-order valence-electron chi connectivity index (χ0n) is 10.9. The highest BCUT2D eigenvalue weighted by Gasteiger charge is 2.24. The fourth-order valence-electron chi connectivity index (χ4n) is 2.56. The van der Waals surface area contributed by atoms with Gasteiger partial charge < -0.3 is 4.90 Å².